The molecule has 0 saturated carbocycles. The van der Waals surface area contributed by atoms with Crippen LogP contribution >= 0.6 is 0 Å². The van der Waals surface area contributed by atoms with Crippen molar-refractivity contribution in [2.24, 2.45) is 0 Å². The lowest BCUT2D eigenvalue weighted by molar-refractivity contribution is -0.384. The molecule has 0 heterocycles. The van der Waals surface area contributed by atoms with E-state index in [0.29, 0.717) is 19.8 Å². The highest BCUT2D eigenvalue weighted by molar-refractivity contribution is 7.90. The van der Waals surface area contributed by atoms with Gasteiger partial charge in [0.2, 0.25) is 0 Å². The van der Waals surface area contributed by atoms with Gasteiger partial charge in [-0.3, -0.25) is 10.1 Å². The summed E-state index contributed by atoms with van der Waals surface area (Å²) in [5.41, 5.74) is 0.0107. The number of nitrogens with zero attached hydrogens (tertiary/aromatic N) is 1. The second-order valence-corrected chi connectivity index (χ2v) is 5.85. The van der Waals surface area contributed by atoms with Gasteiger partial charge >= 0.3 is 0 Å². The van der Waals surface area contributed by atoms with Gasteiger partial charge in [0, 0.05) is 25.5 Å². The van der Waals surface area contributed by atoms with E-state index in [1.165, 1.54) is 12.1 Å². The molecule has 0 aromatic heterocycles. The van der Waals surface area contributed by atoms with Crippen molar-refractivity contribution in [3.63, 3.8) is 0 Å². The molecule has 0 unspecified atom stereocenters. The number of nitro benzene ring substituents is 1. The van der Waals surface area contributed by atoms with E-state index in [1.807, 2.05) is 6.92 Å². The highest BCUT2D eigenvalue weighted by atomic mass is 32.2. The van der Waals surface area contributed by atoms with E-state index in [-0.39, 0.29) is 16.3 Å². The Labute approximate surface area is 111 Å². The van der Waals surface area contributed by atoms with Crippen LogP contribution in [0.3, 0.4) is 0 Å². The first-order valence-electron chi connectivity index (χ1n) is 5.66. The van der Waals surface area contributed by atoms with E-state index in [4.69, 9.17) is 4.74 Å². The van der Waals surface area contributed by atoms with Gasteiger partial charge in [-0.1, -0.05) is 0 Å². The number of ether oxygens (including phenoxy) is 1. The molecule has 0 fully saturated rings. The fraction of sp³-hybridized carbons (Fsp3) is 0.455. The highest BCUT2D eigenvalue weighted by Gasteiger charge is 2.18. The van der Waals surface area contributed by atoms with Crippen LogP contribution in [-0.4, -0.2) is 39.4 Å². The molecule has 1 aromatic rings. The molecule has 0 saturated heterocycles. The van der Waals surface area contributed by atoms with Crippen LogP contribution in [0.25, 0.3) is 0 Å². The molecule has 0 aliphatic heterocycles. The van der Waals surface area contributed by atoms with Crippen molar-refractivity contribution < 1.29 is 18.1 Å². The van der Waals surface area contributed by atoms with Crippen molar-refractivity contribution in [2.45, 2.75) is 11.8 Å². The number of hydrogen-bond donors (Lipinski definition) is 1. The predicted octanol–water partition coefficient (Wildman–Crippen LogP) is 1.45. The van der Waals surface area contributed by atoms with Crippen molar-refractivity contribution in [3.8, 4) is 0 Å². The van der Waals surface area contributed by atoms with Crippen LogP contribution in [-0.2, 0) is 14.6 Å². The van der Waals surface area contributed by atoms with Gasteiger partial charge in [-0.15, -0.1) is 0 Å². The van der Waals surface area contributed by atoms with E-state index < -0.39 is 14.8 Å². The molecular weight excluding hydrogens is 272 g/mol. The molecular formula is C11H16N2O5S. The summed E-state index contributed by atoms with van der Waals surface area (Å²) in [6, 6.07) is 3.78. The lowest BCUT2D eigenvalue weighted by atomic mass is 10.2. The minimum absolute atomic E-state index is 0.0745. The van der Waals surface area contributed by atoms with Crippen LogP contribution in [0.15, 0.2) is 23.1 Å². The van der Waals surface area contributed by atoms with E-state index in [2.05, 4.69) is 5.32 Å². The lowest BCUT2D eigenvalue weighted by Crippen LogP contribution is -2.11. The Hall–Kier alpha value is -1.67. The molecule has 106 valence electrons. The van der Waals surface area contributed by atoms with E-state index in [0.717, 1.165) is 12.3 Å². The first-order valence-corrected chi connectivity index (χ1v) is 7.55. The fourth-order valence-corrected chi connectivity index (χ4v) is 2.09. The summed E-state index contributed by atoms with van der Waals surface area (Å²) in [4.78, 5) is 10.2. The van der Waals surface area contributed by atoms with Crippen molar-refractivity contribution in [1.82, 2.24) is 0 Å². The molecule has 19 heavy (non-hydrogen) atoms. The summed E-state index contributed by atoms with van der Waals surface area (Å²) >= 11 is 0. The standard InChI is InChI=1S/C11H16N2O5S/c1-3-18-7-6-12-10-5-4-9(19(2,16)17)8-11(10)13(14)15/h4-5,8,12H,3,6-7H2,1-2H3. The Bertz CT molecular complexity index is 556. The van der Waals surface area contributed by atoms with Crippen LogP contribution < -0.4 is 5.32 Å². The third kappa shape index (κ3) is 4.49. The molecule has 1 aromatic carbocycles. The van der Waals surface area contributed by atoms with Gasteiger partial charge in [0.1, 0.15) is 5.69 Å². The third-order valence-corrected chi connectivity index (χ3v) is 3.47. The molecule has 0 aliphatic rings. The van der Waals surface area contributed by atoms with Crippen LogP contribution in [0.1, 0.15) is 6.92 Å². The third-order valence-electron chi connectivity index (χ3n) is 2.36. The van der Waals surface area contributed by atoms with Crippen LogP contribution in [0.4, 0.5) is 11.4 Å². The van der Waals surface area contributed by atoms with Gasteiger partial charge < -0.3 is 10.1 Å². The zero-order valence-electron chi connectivity index (χ0n) is 10.8. The molecule has 0 aliphatic carbocycles. The number of nitrogens with one attached hydrogen (secondary N) is 1. The minimum Gasteiger partial charge on any atom is -0.380 e. The second kappa shape index (κ2) is 6.48. The largest absolute Gasteiger partial charge is 0.380 e. The van der Waals surface area contributed by atoms with E-state index in [9.17, 15) is 18.5 Å². The molecule has 0 atom stereocenters. The zero-order chi connectivity index (χ0) is 14.5. The number of benzene rings is 1. The number of nitro groups is 1. The van der Waals surface area contributed by atoms with Crippen molar-refractivity contribution in [2.75, 3.05) is 31.3 Å². The maximum atomic E-state index is 11.4. The Balaban J connectivity index is 2.96. The lowest BCUT2D eigenvalue weighted by Gasteiger charge is -2.08. The van der Waals surface area contributed by atoms with Gasteiger partial charge in [-0.2, -0.15) is 0 Å². The average Bonchev–Trinajstić information content (AvgIpc) is 2.33. The Kier molecular flexibility index (Phi) is 5.25. The van der Waals surface area contributed by atoms with Gasteiger partial charge in [0.05, 0.1) is 16.4 Å². The van der Waals surface area contributed by atoms with Crippen LogP contribution in [0.2, 0.25) is 0 Å². The predicted molar refractivity (Wildman–Crippen MR) is 71.2 cm³/mol. The number of rotatable bonds is 7. The van der Waals surface area contributed by atoms with E-state index >= 15 is 0 Å². The molecule has 1 N–H and O–H groups in total. The smallest absolute Gasteiger partial charge is 0.293 e. The first-order chi connectivity index (χ1) is 8.86. The van der Waals surface area contributed by atoms with Gasteiger partial charge in [-0.05, 0) is 19.1 Å². The Morgan fingerprint density at radius 1 is 1.42 bits per heavy atom. The Morgan fingerprint density at radius 2 is 2.11 bits per heavy atom. The number of anilines is 1. The maximum Gasteiger partial charge on any atom is 0.293 e. The molecule has 0 spiro atoms. The number of hydrogen-bond acceptors (Lipinski definition) is 6. The van der Waals surface area contributed by atoms with Crippen LogP contribution in [0.5, 0.6) is 0 Å². The normalized spacial score (nSPS) is 11.3. The van der Waals surface area contributed by atoms with Crippen molar-refractivity contribution in [3.05, 3.63) is 28.3 Å². The van der Waals surface area contributed by atoms with Gasteiger partial charge in [-0.25, -0.2) is 8.42 Å². The minimum atomic E-state index is -3.46. The molecule has 0 amide bonds. The SMILES string of the molecule is CCOCCNc1ccc(S(C)(=O)=O)cc1[N+](=O)[O-]. The summed E-state index contributed by atoms with van der Waals surface area (Å²) in [7, 11) is -3.46. The summed E-state index contributed by atoms with van der Waals surface area (Å²) in [5, 5.41) is 13.8. The summed E-state index contributed by atoms with van der Waals surface area (Å²) < 4.78 is 27.8. The fourth-order valence-electron chi connectivity index (χ4n) is 1.44. The second-order valence-electron chi connectivity index (χ2n) is 3.83. The highest BCUT2D eigenvalue weighted by Crippen LogP contribution is 2.27. The Morgan fingerprint density at radius 3 is 2.63 bits per heavy atom. The summed E-state index contributed by atoms with van der Waals surface area (Å²) in [6.07, 6.45) is 1.01. The zero-order valence-corrected chi connectivity index (χ0v) is 11.6. The van der Waals surface area contributed by atoms with Crippen molar-refractivity contribution >= 4 is 21.2 Å². The van der Waals surface area contributed by atoms with Crippen LogP contribution in [0, 0.1) is 10.1 Å². The quantitative estimate of drug-likeness (QED) is 0.463. The van der Waals surface area contributed by atoms with Gasteiger partial charge in [0.25, 0.3) is 5.69 Å². The monoisotopic (exact) mass is 288 g/mol. The number of sulfone groups is 1. The molecule has 8 heteroatoms. The summed E-state index contributed by atoms with van der Waals surface area (Å²) in [6.45, 7) is 3.24. The van der Waals surface area contributed by atoms with E-state index in [1.54, 1.807) is 0 Å². The molecule has 1 rings (SSSR count). The van der Waals surface area contributed by atoms with Crippen molar-refractivity contribution in [1.29, 1.82) is 0 Å². The molecule has 0 bridgehead atoms. The first kappa shape index (κ1) is 15.4. The van der Waals surface area contributed by atoms with Gasteiger partial charge in [0.15, 0.2) is 9.84 Å². The molecule has 0 radical (unpaired) electrons. The maximum absolute atomic E-state index is 11.4. The summed E-state index contributed by atoms with van der Waals surface area (Å²) in [5.74, 6) is 0. The topological polar surface area (TPSA) is 98.5 Å². The molecule has 7 nitrogen and oxygen atoms in total. The average molecular weight is 288 g/mol.